The predicted octanol–water partition coefficient (Wildman–Crippen LogP) is 3.47. The molecule has 102 valence electrons. The summed E-state index contributed by atoms with van der Waals surface area (Å²) in [4.78, 5) is 23.2. The molecule has 2 rings (SSSR count). The van der Waals surface area contributed by atoms with E-state index in [-0.39, 0.29) is 20.9 Å². The zero-order chi connectivity index (χ0) is 14.7. The minimum atomic E-state index is -1.00. The fraction of sp³-hybridized carbons (Fsp3) is 0.182. The second-order valence-corrected chi connectivity index (χ2v) is 4.03. The maximum absolute atomic E-state index is 11.4. The van der Waals surface area contributed by atoms with E-state index < -0.39 is 21.9 Å². The highest BCUT2D eigenvalue weighted by Gasteiger charge is 2.22. The second kappa shape index (κ2) is 5.90. The zero-order valence-corrected chi connectivity index (χ0v) is 11.5. The van der Waals surface area contributed by atoms with Crippen LogP contribution in [-0.2, 0) is 0 Å². The van der Waals surface area contributed by atoms with Gasteiger partial charge in [0.1, 0.15) is 0 Å². The molecule has 0 saturated carbocycles. The van der Waals surface area contributed by atoms with Crippen LogP contribution in [0.4, 0.5) is 5.69 Å². The highest BCUT2D eigenvalue weighted by Crippen LogP contribution is 2.34. The number of aromatic nitrogens is 1. The molecule has 6 nitrogen and oxygen atoms in total. The highest BCUT2D eigenvalue weighted by molar-refractivity contribution is 6.42. The molecule has 0 amide bonds. The average molecular weight is 305 g/mol. The van der Waals surface area contributed by atoms with Crippen LogP contribution in [0.25, 0.3) is 10.9 Å². The minimum Gasteiger partial charge on any atom is -0.501 e. The van der Waals surface area contributed by atoms with Crippen LogP contribution in [0.3, 0.4) is 0 Å². The predicted molar refractivity (Wildman–Crippen MR) is 74.3 cm³/mol. The van der Waals surface area contributed by atoms with Gasteiger partial charge >= 0.3 is 11.2 Å². The zero-order valence-electron chi connectivity index (χ0n) is 10.0. The van der Waals surface area contributed by atoms with Crippen molar-refractivity contribution in [2.75, 3.05) is 0 Å². The summed E-state index contributed by atoms with van der Waals surface area (Å²) in [7, 11) is 0. The SMILES string of the molecule is CC.O=c1[nH]c2cc(Cl)c(Cl)cc2c(O)c1[N+](=O)[O-]. The quantitative estimate of drug-likeness (QED) is 0.622. The molecule has 1 heterocycles. The van der Waals surface area contributed by atoms with Crippen molar-refractivity contribution in [2.24, 2.45) is 0 Å². The van der Waals surface area contributed by atoms with Crippen LogP contribution in [-0.4, -0.2) is 15.0 Å². The minimum absolute atomic E-state index is 0.0608. The van der Waals surface area contributed by atoms with Crippen LogP contribution in [0.2, 0.25) is 10.0 Å². The Morgan fingerprint density at radius 1 is 1.26 bits per heavy atom. The van der Waals surface area contributed by atoms with Crippen molar-refractivity contribution in [3.8, 4) is 5.75 Å². The average Bonchev–Trinajstić information content (AvgIpc) is 2.34. The van der Waals surface area contributed by atoms with E-state index in [1.54, 1.807) is 0 Å². The maximum atomic E-state index is 11.4. The highest BCUT2D eigenvalue weighted by atomic mass is 35.5. The Balaban J connectivity index is 0.000000861. The molecule has 0 aliphatic rings. The van der Waals surface area contributed by atoms with E-state index in [2.05, 4.69) is 4.98 Å². The molecule has 2 aromatic rings. The third-order valence-corrected chi connectivity index (χ3v) is 2.91. The molecule has 0 radical (unpaired) electrons. The Morgan fingerprint density at radius 3 is 2.32 bits per heavy atom. The number of aromatic amines is 1. The third kappa shape index (κ3) is 2.80. The molecule has 8 heteroatoms. The summed E-state index contributed by atoms with van der Waals surface area (Å²) in [5.74, 6) is -0.729. The summed E-state index contributed by atoms with van der Waals surface area (Å²) in [5.41, 5.74) is -1.75. The molecule has 0 aliphatic carbocycles. The molecule has 1 aromatic heterocycles. The molecule has 0 unspecified atom stereocenters. The van der Waals surface area contributed by atoms with Gasteiger partial charge in [0.15, 0.2) is 0 Å². The first-order valence-electron chi connectivity index (χ1n) is 5.30. The van der Waals surface area contributed by atoms with Gasteiger partial charge in [-0.15, -0.1) is 0 Å². The number of benzene rings is 1. The lowest BCUT2D eigenvalue weighted by Crippen LogP contribution is -2.11. The Kier molecular flexibility index (Phi) is 4.74. The van der Waals surface area contributed by atoms with Crippen molar-refractivity contribution in [3.63, 3.8) is 0 Å². The number of nitro groups is 1. The van der Waals surface area contributed by atoms with Crippen LogP contribution in [0.15, 0.2) is 16.9 Å². The molecule has 0 atom stereocenters. The van der Waals surface area contributed by atoms with Gasteiger partial charge in [0.05, 0.1) is 20.5 Å². The molecule has 0 aliphatic heterocycles. The van der Waals surface area contributed by atoms with Crippen molar-refractivity contribution in [2.45, 2.75) is 13.8 Å². The van der Waals surface area contributed by atoms with Gasteiger partial charge in [0, 0.05) is 5.39 Å². The van der Waals surface area contributed by atoms with E-state index in [1.807, 2.05) is 13.8 Å². The van der Waals surface area contributed by atoms with Crippen LogP contribution < -0.4 is 5.56 Å². The number of aromatic hydroxyl groups is 1. The van der Waals surface area contributed by atoms with E-state index in [4.69, 9.17) is 23.2 Å². The molecule has 19 heavy (non-hydrogen) atoms. The third-order valence-electron chi connectivity index (χ3n) is 2.19. The molecule has 1 aromatic carbocycles. The Hall–Kier alpha value is -1.79. The van der Waals surface area contributed by atoms with E-state index in [0.29, 0.717) is 0 Å². The summed E-state index contributed by atoms with van der Waals surface area (Å²) in [5, 5.41) is 20.6. The molecule has 0 saturated heterocycles. The van der Waals surface area contributed by atoms with Crippen LogP contribution in [0.1, 0.15) is 13.8 Å². The Bertz CT molecular complexity index is 697. The van der Waals surface area contributed by atoms with Crippen molar-refractivity contribution in [1.82, 2.24) is 4.98 Å². The van der Waals surface area contributed by atoms with E-state index in [0.717, 1.165) is 0 Å². The topological polar surface area (TPSA) is 96.2 Å². The Morgan fingerprint density at radius 2 is 1.79 bits per heavy atom. The fourth-order valence-electron chi connectivity index (χ4n) is 1.43. The van der Waals surface area contributed by atoms with Gasteiger partial charge in [-0.2, -0.15) is 0 Å². The maximum Gasteiger partial charge on any atom is 0.375 e. The number of halogens is 2. The van der Waals surface area contributed by atoms with Crippen molar-refractivity contribution in [3.05, 3.63) is 42.6 Å². The summed E-state index contributed by atoms with van der Waals surface area (Å²) in [6, 6.07) is 2.56. The van der Waals surface area contributed by atoms with Gasteiger partial charge in [0.25, 0.3) is 0 Å². The van der Waals surface area contributed by atoms with E-state index >= 15 is 0 Å². The van der Waals surface area contributed by atoms with E-state index in [1.165, 1.54) is 12.1 Å². The number of nitrogens with one attached hydrogen (secondary N) is 1. The lowest BCUT2D eigenvalue weighted by atomic mass is 10.2. The largest absolute Gasteiger partial charge is 0.501 e. The second-order valence-electron chi connectivity index (χ2n) is 3.22. The monoisotopic (exact) mass is 304 g/mol. The molecule has 0 spiro atoms. The standard InChI is InChI=1S/C9H4Cl2N2O4.C2H6/c10-4-1-3-6(2-5(4)11)12-9(15)7(8(3)14)13(16)17;1-2/h1-2H,(H2,12,14,15);1-2H3. The number of nitrogens with zero attached hydrogens (tertiary/aromatic N) is 1. The summed E-state index contributed by atoms with van der Waals surface area (Å²) in [6.07, 6.45) is 0. The molecule has 0 bridgehead atoms. The smallest absolute Gasteiger partial charge is 0.375 e. The Labute approximate surface area is 117 Å². The summed E-state index contributed by atoms with van der Waals surface area (Å²) < 4.78 is 0. The normalized spacial score (nSPS) is 9.89. The van der Waals surface area contributed by atoms with Crippen molar-refractivity contribution in [1.29, 1.82) is 0 Å². The first kappa shape index (κ1) is 15.3. The lowest BCUT2D eigenvalue weighted by molar-refractivity contribution is -0.387. The van der Waals surface area contributed by atoms with E-state index in [9.17, 15) is 20.0 Å². The number of hydrogen-bond acceptors (Lipinski definition) is 4. The van der Waals surface area contributed by atoms with Crippen LogP contribution >= 0.6 is 23.2 Å². The summed E-state index contributed by atoms with van der Waals surface area (Å²) in [6.45, 7) is 4.00. The molecular formula is C11H10Cl2N2O4. The van der Waals surface area contributed by atoms with Gasteiger partial charge in [-0.1, -0.05) is 37.0 Å². The molecule has 0 fully saturated rings. The number of hydrogen-bond donors (Lipinski definition) is 2. The lowest BCUT2D eigenvalue weighted by Gasteiger charge is -2.03. The van der Waals surface area contributed by atoms with Crippen LogP contribution in [0, 0.1) is 10.1 Å². The fourth-order valence-corrected chi connectivity index (χ4v) is 1.76. The van der Waals surface area contributed by atoms with Gasteiger partial charge in [-0.05, 0) is 12.1 Å². The molecular weight excluding hydrogens is 295 g/mol. The van der Waals surface area contributed by atoms with Gasteiger partial charge in [-0.25, -0.2) is 0 Å². The summed E-state index contributed by atoms with van der Waals surface area (Å²) >= 11 is 11.5. The van der Waals surface area contributed by atoms with Gasteiger partial charge in [0.2, 0.25) is 5.75 Å². The number of fused-ring (bicyclic) bond motifs is 1. The van der Waals surface area contributed by atoms with Crippen molar-refractivity contribution >= 4 is 39.8 Å². The first-order chi connectivity index (χ1) is 8.91. The number of pyridine rings is 1. The van der Waals surface area contributed by atoms with Crippen LogP contribution in [0.5, 0.6) is 5.75 Å². The van der Waals surface area contributed by atoms with Gasteiger partial charge in [-0.3, -0.25) is 14.9 Å². The number of H-pyrrole nitrogens is 1. The van der Waals surface area contributed by atoms with Gasteiger partial charge < -0.3 is 10.1 Å². The first-order valence-corrected chi connectivity index (χ1v) is 6.06. The number of rotatable bonds is 1. The molecule has 2 N–H and O–H groups in total. The van der Waals surface area contributed by atoms with Crippen molar-refractivity contribution < 1.29 is 10.0 Å².